The summed E-state index contributed by atoms with van der Waals surface area (Å²) in [5, 5.41) is 8.46. The first-order valence-electron chi connectivity index (χ1n) is 4.00. The van der Waals surface area contributed by atoms with E-state index in [0.717, 1.165) is 12.1 Å². The molecule has 0 bridgehead atoms. The van der Waals surface area contributed by atoms with Crippen LogP contribution in [0.1, 0.15) is 26.3 Å². The molecular weight excluding hydrogens is 203 g/mol. The first kappa shape index (κ1) is 11.0. The lowest BCUT2D eigenvalue weighted by molar-refractivity contribution is -0.131. The van der Waals surface area contributed by atoms with E-state index in [1.807, 2.05) is 0 Å². The van der Waals surface area contributed by atoms with Gasteiger partial charge in [-0.05, 0) is 24.6 Å². The summed E-state index contributed by atoms with van der Waals surface area (Å²) in [7, 11) is 0. The maximum Gasteiger partial charge on any atom is 0.377 e. The highest BCUT2D eigenvalue weighted by Gasteiger charge is 2.19. The van der Waals surface area contributed by atoms with E-state index in [2.05, 4.69) is 0 Å². The Morgan fingerprint density at radius 2 is 2.00 bits per heavy atom. The summed E-state index contributed by atoms with van der Waals surface area (Å²) < 4.78 is 13.0. The number of aliphatic carboxylic acids is 1. The Labute approximate surface area is 84.3 Å². The molecule has 1 aromatic carbocycles. The third-order valence-corrected chi connectivity index (χ3v) is 1.90. The number of aldehydes is 1. The fourth-order valence-corrected chi connectivity index (χ4v) is 1.11. The standard InChI is InChI=1S/C10H7FO4/c1-5-2-7(9(13)10(14)15)6(4-12)3-8(5)11/h2-4H,1H3,(H,14,15). The van der Waals surface area contributed by atoms with Crippen molar-refractivity contribution in [2.24, 2.45) is 0 Å². The van der Waals surface area contributed by atoms with Gasteiger partial charge in [0.1, 0.15) is 5.82 Å². The van der Waals surface area contributed by atoms with Crippen LogP contribution in [0.5, 0.6) is 0 Å². The minimum Gasteiger partial charge on any atom is -0.475 e. The quantitative estimate of drug-likeness (QED) is 0.462. The molecule has 1 N–H and O–H groups in total. The van der Waals surface area contributed by atoms with E-state index < -0.39 is 17.6 Å². The Morgan fingerprint density at radius 3 is 2.47 bits per heavy atom. The molecular formula is C10H7FO4. The molecule has 0 atom stereocenters. The lowest BCUT2D eigenvalue weighted by Crippen LogP contribution is -2.15. The number of benzene rings is 1. The monoisotopic (exact) mass is 210 g/mol. The van der Waals surface area contributed by atoms with Crippen molar-refractivity contribution >= 4 is 18.0 Å². The number of rotatable bonds is 3. The summed E-state index contributed by atoms with van der Waals surface area (Å²) >= 11 is 0. The second-order valence-corrected chi connectivity index (χ2v) is 2.94. The first-order valence-corrected chi connectivity index (χ1v) is 4.00. The number of carbonyl (C=O) groups excluding carboxylic acids is 2. The van der Waals surface area contributed by atoms with Crippen molar-refractivity contribution in [3.05, 3.63) is 34.6 Å². The van der Waals surface area contributed by atoms with Gasteiger partial charge in [-0.25, -0.2) is 9.18 Å². The predicted octanol–water partition coefficient (Wildman–Crippen LogP) is 1.21. The molecule has 78 valence electrons. The minimum atomic E-state index is -1.68. The van der Waals surface area contributed by atoms with Gasteiger partial charge in [0.25, 0.3) is 5.78 Å². The molecule has 0 aromatic heterocycles. The average Bonchev–Trinajstić information content (AvgIpc) is 2.20. The van der Waals surface area contributed by atoms with E-state index >= 15 is 0 Å². The molecule has 0 saturated carbocycles. The molecule has 0 aliphatic rings. The molecule has 0 radical (unpaired) electrons. The van der Waals surface area contributed by atoms with Crippen LogP contribution in [0.4, 0.5) is 4.39 Å². The first-order chi connectivity index (χ1) is 6.97. The van der Waals surface area contributed by atoms with Gasteiger partial charge in [0, 0.05) is 11.1 Å². The van der Waals surface area contributed by atoms with E-state index in [1.54, 1.807) is 0 Å². The van der Waals surface area contributed by atoms with E-state index in [4.69, 9.17) is 5.11 Å². The summed E-state index contributed by atoms with van der Waals surface area (Å²) in [6, 6.07) is 1.90. The lowest BCUT2D eigenvalue weighted by atomic mass is 10.0. The Balaban J connectivity index is 3.40. The average molecular weight is 210 g/mol. The van der Waals surface area contributed by atoms with E-state index in [9.17, 15) is 18.8 Å². The highest BCUT2D eigenvalue weighted by Crippen LogP contribution is 2.14. The number of Topliss-reactive ketones (excluding diaryl/α,β-unsaturated/α-hetero) is 1. The zero-order chi connectivity index (χ0) is 11.6. The van der Waals surface area contributed by atoms with Crippen LogP contribution < -0.4 is 0 Å². The summed E-state index contributed by atoms with van der Waals surface area (Å²) in [5.41, 5.74) is -0.438. The molecule has 1 rings (SSSR count). The summed E-state index contributed by atoms with van der Waals surface area (Å²) in [4.78, 5) is 32.0. The molecule has 1 aromatic rings. The van der Waals surface area contributed by atoms with Crippen LogP contribution in [0, 0.1) is 12.7 Å². The summed E-state index contributed by atoms with van der Waals surface area (Å²) in [5.74, 6) is -3.55. The van der Waals surface area contributed by atoms with Crippen LogP contribution in [0.3, 0.4) is 0 Å². The smallest absolute Gasteiger partial charge is 0.377 e. The molecule has 0 aliphatic heterocycles. The maximum absolute atomic E-state index is 13.0. The summed E-state index contributed by atoms with van der Waals surface area (Å²) in [6.07, 6.45) is 0.249. The van der Waals surface area contributed by atoms with Crippen LogP contribution >= 0.6 is 0 Å². The predicted molar refractivity (Wildman–Crippen MR) is 48.5 cm³/mol. The fraction of sp³-hybridized carbons (Fsp3) is 0.100. The Kier molecular flexibility index (Phi) is 2.94. The van der Waals surface area contributed by atoms with Crippen molar-refractivity contribution in [2.45, 2.75) is 6.92 Å². The molecule has 0 unspecified atom stereocenters. The minimum absolute atomic E-state index is 0.116. The van der Waals surface area contributed by atoms with Gasteiger partial charge in [-0.3, -0.25) is 9.59 Å². The Morgan fingerprint density at radius 1 is 1.40 bits per heavy atom. The number of halogens is 1. The second-order valence-electron chi connectivity index (χ2n) is 2.94. The van der Waals surface area contributed by atoms with Gasteiger partial charge < -0.3 is 5.11 Å². The SMILES string of the molecule is Cc1cc(C(=O)C(=O)O)c(C=O)cc1F. The third kappa shape index (κ3) is 2.07. The Bertz CT molecular complexity index is 451. The van der Waals surface area contributed by atoms with E-state index in [1.165, 1.54) is 6.92 Å². The van der Waals surface area contributed by atoms with Gasteiger partial charge in [0.15, 0.2) is 6.29 Å². The topological polar surface area (TPSA) is 71.4 Å². The van der Waals surface area contributed by atoms with Crippen molar-refractivity contribution in [2.75, 3.05) is 0 Å². The summed E-state index contributed by atoms with van der Waals surface area (Å²) in [6.45, 7) is 1.38. The van der Waals surface area contributed by atoms with Gasteiger partial charge in [0.05, 0.1) is 0 Å². The number of hydrogen-bond acceptors (Lipinski definition) is 3. The van der Waals surface area contributed by atoms with Gasteiger partial charge in [-0.2, -0.15) is 0 Å². The fourth-order valence-electron chi connectivity index (χ4n) is 1.11. The number of aryl methyl sites for hydroxylation is 1. The van der Waals surface area contributed by atoms with Crippen molar-refractivity contribution in [1.82, 2.24) is 0 Å². The highest BCUT2D eigenvalue weighted by molar-refractivity contribution is 6.40. The zero-order valence-electron chi connectivity index (χ0n) is 7.78. The number of carboxylic acids is 1. The van der Waals surface area contributed by atoms with Gasteiger partial charge in [-0.15, -0.1) is 0 Å². The lowest BCUT2D eigenvalue weighted by Gasteiger charge is -2.03. The van der Waals surface area contributed by atoms with Crippen molar-refractivity contribution in [1.29, 1.82) is 0 Å². The van der Waals surface area contributed by atoms with E-state index in [0.29, 0.717) is 0 Å². The maximum atomic E-state index is 13.0. The zero-order valence-corrected chi connectivity index (χ0v) is 7.78. The van der Waals surface area contributed by atoms with Gasteiger partial charge >= 0.3 is 5.97 Å². The molecule has 0 amide bonds. The molecule has 0 aliphatic carbocycles. The van der Waals surface area contributed by atoms with Crippen LogP contribution in [0.15, 0.2) is 12.1 Å². The van der Waals surface area contributed by atoms with Crippen LogP contribution in [-0.2, 0) is 4.79 Å². The number of ketones is 1. The number of carbonyl (C=O) groups is 3. The van der Waals surface area contributed by atoms with Gasteiger partial charge in [0.2, 0.25) is 0 Å². The number of carboxylic acid groups (broad SMARTS) is 1. The molecule has 0 spiro atoms. The molecule has 0 saturated heterocycles. The van der Waals surface area contributed by atoms with Crippen LogP contribution in [0.2, 0.25) is 0 Å². The largest absolute Gasteiger partial charge is 0.475 e. The normalized spacial score (nSPS) is 9.73. The molecule has 15 heavy (non-hydrogen) atoms. The molecule has 5 heteroatoms. The number of hydrogen-bond donors (Lipinski definition) is 1. The van der Waals surface area contributed by atoms with Crippen molar-refractivity contribution < 1.29 is 23.9 Å². The van der Waals surface area contributed by atoms with Crippen molar-refractivity contribution in [3.63, 3.8) is 0 Å². The molecule has 4 nitrogen and oxygen atoms in total. The Hall–Kier alpha value is -2.04. The van der Waals surface area contributed by atoms with Gasteiger partial charge in [-0.1, -0.05) is 0 Å². The molecule has 0 heterocycles. The molecule has 0 fully saturated rings. The third-order valence-electron chi connectivity index (χ3n) is 1.90. The van der Waals surface area contributed by atoms with Crippen molar-refractivity contribution in [3.8, 4) is 0 Å². The van der Waals surface area contributed by atoms with Crippen LogP contribution in [0.25, 0.3) is 0 Å². The van der Waals surface area contributed by atoms with E-state index in [-0.39, 0.29) is 23.0 Å². The van der Waals surface area contributed by atoms with Crippen LogP contribution in [-0.4, -0.2) is 23.1 Å². The second kappa shape index (κ2) is 4.00. The highest BCUT2D eigenvalue weighted by atomic mass is 19.1.